The summed E-state index contributed by atoms with van der Waals surface area (Å²) in [6.45, 7) is 6.54. The Bertz CT molecular complexity index is 1350. The molecule has 0 atom stereocenters. The molecule has 0 aliphatic carbocycles. The van der Waals surface area contributed by atoms with Gasteiger partial charge in [-0.15, -0.1) is 10.2 Å². The quantitative estimate of drug-likeness (QED) is 0.436. The average Bonchev–Trinajstić information content (AvgIpc) is 3.16. The van der Waals surface area contributed by atoms with E-state index in [-0.39, 0.29) is 23.1 Å². The van der Waals surface area contributed by atoms with Crippen molar-refractivity contribution in [2.75, 3.05) is 11.1 Å². The molecule has 4 rings (SSSR count). The number of hydrogen-bond acceptors (Lipinski definition) is 5. The number of benzene rings is 2. The maximum Gasteiger partial charge on any atom is 0.262 e. The van der Waals surface area contributed by atoms with E-state index in [2.05, 4.69) is 15.5 Å². The van der Waals surface area contributed by atoms with Crippen molar-refractivity contribution < 1.29 is 4.79 Å². The first-order valence-electron chi connectivity index (χ1n) is 9.90. The largest absolute Gasteiger partial charge is 0.325 e. The zero-order valence-electron chi connectivity index (χ0n) is 17.4. The lowest BCUT2D eigenvalue weighted by molar-refractivity contribution is -0.113. The summed E-state index contributed by atoms with van der Waals surface area (Å²) in [6, 6.07) is 12.8. The Balaban J connectivity index is 1.67. The van der Waals surface area contributed by atoms with Crippen molar-refractivity contribution in [3.05, 3.63) is 63.4 Å². The second kappa shape index (κ2) is 8.72. The molecule has 2 aromatic heterocycles. The van der Waals surface area contributed by atoms with E-state index >= 15 is 0 Å². The summed E-state index contributed by atoms with van der Waals surface area (Å²) in [5.41, 5.74) is 2.25. The molecule has 0 radical (unpaired) electrons. The molecule has 0 saturated carbocycles. The van der Waals surface area contributed by atoms with Crippen LogP contribution in [0, 0.1) is 12.8 Å². The molecule has 1 N–H and O–H groups in total. The summed E-state index contributed by atoms with van der Waals surface area (Å²) in [5.74, 6) is 0.713. The molecule has 2 aromatic carbocycles. The van der Waals surface area contributed by atoms with Gasteiger partial charge in [-0.2, -0.15) is 0 Å². The highest BCUT2D eigenvalue weighted by Crippen LogP contribution is 2.24. The summed E-state index contributed by atoms with van der Waals surface area (Å²) in [6.07, 6.45) is 0. The molecule has 4 aromatic rings. The molecule has 31 heavy (non-hydrogen) atoms. The minimum atomic E-state index is -0.174. The fourth-order valence-electron chi connectivity index (χ4n) is 3.40. The van der Waals surface area contributed by atoms with E-state index in [1.165, 1.54) is 11.8 Å². The fraction of sp³-hybridized carbons (Fsp3) is 0.273. The third-order valence-electron chi connectivity index (χ3n) is 4.83. The number of aromatic nitrogens is 4. The van der Waals surface area contributed by atoms with Crippen LogP contribution < -0.4 is 10.9 Å². The third kappa shape index (κ3) is 4.31. The van der Waals surface area contributed by atoms with Gasteiger partial charge in [-0.3, -0.25) is 18.6 Å². The van der Waals surface area contributed by atoms with E-state index in [1.807, 2.05) is 49.4 Å². The number of rotatable bonds is 6. The number of hydrogen-bond donors (Lipinski definition) is 1. The predicted molar refractivity (Wildman–Crippen MR) is 125 cm³/mol. The van der Waals surface area contributed by atoms with E-state index in [1.54, 1.807) is 22.8 Å². The van der Waals surface area contributed by atoms with Gasteiger partial charge in [0, 0.05) is 17.3 Å². The third-order valence-corrected chi connectivity index (χ3v) is 6.00. The number of nitrogens with zero attached hydrogens (tertiary/aromatic N) is 4. The molecule has 0 fully saturated rings. The zero-order chi connectivity index (χ0) is 22.1. The second-order valence-electron chi connectivity index (χ2n) is 7.74. The Kier molecular flexibility index (Phi) is 6.02. The maximum absolute atomic E-state index is 13.0. The van der Waals surface area contributed by atoms with Crippen molar-refractivity contribution >= 4 is 51.6 Å². The van der Waals surface area contributed by atoms with Crippen molar-refractivity contribution in [2.24, 2.45) is 5.92 Å². The number of carbonyl (C=O) groups is 1. The standard InChI is InChI=1S/C22H22ClN5O2S/c1-13(2)11-27-20(30)16-6-4-5-7-18(16)28-21(27)25-26-22(28)31-12-19(29)24-17-10-15(23)9-8-14(17)3/h4-10,13H,11-12H2,1-3H3,(H,24,29). The number of halogens is 1. The molecule has 1 amide bonds. The summed E-state index contributed by atoms with van der Waals surface area (Å²) in [5, 5.41) is 13.2. The van der Waals surface area contributed by atoms with Crippen LogP contribution >= 0.6 is 23.4 Å². The summed E-state index contributed by atoms with van der Waals surface area (Å²) >= 11 is 7.31. The number of nitrogens with one attached hydrogen (secondary N) is 1. The van der Waals surface area contributed by atoms with Crippen LogP contribution in [-0.4, -0.2) is 30.8 Å². The first-order valence-corrected chi connectivity index (χ1v) is 11.3. The highest BCUT2D eigenvalue weighted by Gasteiger charge is 2.18. The van der Waals surface area contributed by atoms with Gasteiger partial charge in [-0.25, -0.2) is 0 Å². The van der Waals surface area contributed by atoms with Crippen molar-refractivity contribution in [1.82, 2.24) is 19.2 Å². The summed E-state index contributed by atoms with van der Waals surface area (Å²) in [7, 11) is 0. The first-order chi connectivity index (χ1) is 14.8. The van der Waals surface area contributed by atoms with Crippen LogP contribution in [0.5, 0.6) is 0 Å². The zero-order valence-corrected chi connectivity index (χ0v) is 19.0. The Hall–Kier alpha value is -2.84. The molecular formula is C22H22ClN5O2S. The van der Waals surface area contributed by atoms with Crippen LogP contribution in [-0.2, 0) is 11.3 Å². The molecule has 0 unspecified atom stereocenters. The highest BCUT2D eigenvalue weighted by molar-refractivity contribution is 7.99. The molecule has 0 spiro atoms. The molecular weight excluding hydrogens is 434 g/mol. The Morgan fingerprint density at radius 2 is 1.97 bits per heavy atom. The van der Waals surface area contributed by atoms with Crippen LogP contribution in [0.4, 0.5) is 5.69 Å². The normalized spacial score (nSPS) is 11.5. The lowest BCUT2D eigenvalue weighted by atomic mass is 10.2. The maximum atomic E-state index is 13.0. The van der Waals surface area contributed by atoms with Crippen LogP contribution in [0.3, 0.4) is 0 Å². The SMILES string of the molecule is Cc1ccc(Cl)cc1NC(=O)CSc1nnc2n(CC(C)C)c(=O)c3ccccc3n12. The lowest BCUT2D eigenvalue weighted by Crippen LogP contribution is -2.25. The first kappa shape index (κ1) is 21.4. The van der Waals surface area contributed by atoms with Crippen molar-refractivity contribution in [2.45, 2.75) is 32.5 Å². The van der Waals surface area contributed by atoms with Gasteiger partial charge in [-0.05, 0) is 42.7 Å². The van der Waals surface area contributed by atoms with Crippen molar-refractivity contribution in [3.8, 4) is 0 Å². The van der Waals surface area contributed by atoms with Gasteiger partial charge in [0.25, 0.3) is 5.56 Å². The van der Waals surface area contributed by atoms with Crippen LogP contribution in [0.15, 0.2) is 52.4 Å². The topological polar surface area (TPSA) is 81.3 Å². The van der Waals surface area contributed by atoms with Gasteiger partial charge in [0.2, 0.25) is 11.7 Å². The second-order valence-corrected chi connectivity index (χ2v) is 9.12. The number of fused-ring (bicyclic) bond motifs is 3. The van der Waals surface area contributed by atoms with Gasteiger partial charge >= 0.3 is 0 Å². The molecule has 0 bridgehead atoms. The highest BCUT2D eigenvalue weighted by atomic mass is 35.5. The average molecular weight is 456 g/mol. The summed E-state index contributed by atoms with van der Waals surface area (Å²) in [4.78, 5) is 25.6. The van der Waals surface area contributed by atoms with Gasteiger partial charge in [-0.1, -0.05) is 55.4 Å². The van der Waals surface area contributed by atoms with Gasteiger partial charge < -0.3 is 5.32 Å². The van der Waals surface area contributed by atoms with E-state index in [0.717, 1.165) is 11.1 Å². The number of thioether (sulfide) groups is 1. The van der Waals surface area contributed by atoms with Crippen molar-refractivity contribution in [3.63, 3.8) is 0 Å². The molecule has 2 heterocycles. The van der Waals surface area contributed by atoms with Crippen LogP contribution in [0.25, 0.3) is 16.7 Å². The Labute approximate surface area is 188 Å². The summed E-state index contributed by atoms with van der Waals surface area (Å²) < 4.78 is 3.50. The van der Waals surface area contributed by atoms with Crippen LogP contribution in [0.1, 0.15) is 19.4 Å². The van der Waals surface area contributed by atoms with Gasteiger partial charge in [0.15, 0.2) is 5.16 Å². The Morgan fingerprint density at radius 1 is 1.19 bits per heavy atom. The molecule has 0 aliphatic heterocycles. The monoisotopic (exact) mass is 455 g/mol. The fourth-order valence-corrected chi connectivity index (χ4v) is 4.31. The van der Waals surface area contributed by atoms with Crippen LogP contribution in [0.2, 0.25) is 5.02 Å². The Morgan fingerprint density at radius 3 is 2.74 bits per heavy atom. The predicted octanol–water partition coefficient (Wildman–Crippen LogP) is 4.39. The molecule has 160 valence electrons. The molecule has 0 aliphatic rings. The van der Waals surface area contributed by atoms with Gasteiger partial charge in [0.05, 0.1) is 16.7 Å². The smallest absolute Gasteiger partial charge is 0.262 e. The van der Waals surface area contributed by atoms with E-state index in [4.69, 9.17) is 11.6 Å². The van der Waals surface area contributed by atoms with E-state index in [9.17, 15) is 9.59 Å². The van der Waals surface area contributed by atoms with Crippen molar-refractivity contribution in [1.29, 1.82) is 0 Å². The molecule has 7 nitrogen and oxygen atoms in total. The minimum absolute atomic E-state index is 0.0880. The number of anilines is 1. The van der Waals surface area contributed by atoms with E-state index < -0.39 is 0 Å². The number of amides is 1. The van der Waals surface area contributed by atoms with E-state index in [0.29, 0.717) is 33.6 Å². The number of aryl methyl sites for hydroxylation is 1. The molecule has 9 heteroatoms. The lowest BCUT2D eigenvalue weighted by Gasteiger charge is -2.13. The number of carbonyl (C=O) groups excluding carboxylic acids is 1. The minimum Gasteiger partial charge on any atom is -0.325 e. The number of para-hydroxylation sites is 1. The van der Waals surface area contributed by atoms with Gasteiger partial charge in [0.1, 0.15) is 0 Å². The molecule has 0 saturated heterocycles.